The zero-order valence-electron chi connectivity index (χ0n) is 13.5. The second kappa shape index (κ2) is 7.46. The van der Waals surface area contributed by atoms with Gasteiger partial charge in [-0.25, -0.2) is 0 Å². The maximum Gasteiger partial charge on any atom is 0.276 e. The number of nitrogens with zero attached hydrogens (tertiary/aromatic N) is 2. The highest BCUT2D eigenvalue weighted by atomic mass is 16.6. The number of benzene rings is 1. The van der Waals surface area contributed by atoms with Crippen molar-refractivity contribution in [2.45, 2.75) is 5.60 Å². The molecule has 3 rings (SSSR count). The summed E-state index contributed by atoms with van der Waals surface area (Å²) in [6.07, 6.45) is 1.38. The summed E-state index contributed by atoms with van der Waals surface area (Å²) in [5, 5.41) is 3.71. The van der Waals surface area contributed by atoms with E-state index in [9.17, 15) is 4.79 Å². The van der Waals surface area contributed by atoms with Gasteiger partial charge in [-0.1, -0.05) is 23.4 Å². The summed E-state index contributed by atoms with van der Waals surface area (Å²) in [6, 6.07) is 11.0. The number of hydrogen-bond donors (Lipinski definition) is 0. The lowest BCUT2D eigenvalue weighted by atomic mass is 10.1. The molecule has 0 unspecified atom stereocenters. The van der Waals surface area contributed by atoms with Crippen LogP contribution in [0.3, 0.4) is 0 Å². The molecule has 128 valence electrons. The number of ether oxygens (including phenoxy) is 3. The van der Waals surface area contributed by atoms with E-state index in [-0.39, 0.29) is 18.2 Å². The van der Waals surface area contributed by atoms with Gasteiger partial charge in [0.2, 0.25) is 0 Å². The molecule has 1 aromatic heterocycles. The van der Waals surface area contributed by atoms with Crippen molar-refractivity contribution < 1.29 is 23.5 Å². The van der Waals surface area contributed by atoms with Gasteiger partial charge in [0.25, 0.3) is 5.91 Å². The van der Waals surface area contributed by atoms with E-state index in [1.165, 1.54) is 6.26 Å². The average molecular weight is 332 g/mol. The lowest BCUT2D eigenvalue weighted by Crippen LogP contribution is -2.51. The number of methoxy groups -OCH3 is 1. The molecule has 24 heavy (non-hydrogen) atoms. The van der Waals surface area contributed by atoms with E-state index >= 15 is 0 Å². The fourth-order valence-corrected chi connectivity index (χ4v) is 2.56. The van der Waals surface area contributed by atoms with Crippen LogP contribution in [0, 0.1) is 0 Å². The van der Waals surface area contributed by atoms with Crippen LogP contribution in [0.1, 0.15) is 10.5 Å². The SMILES string of the molecule is CO[C@]1(COc2ccccc2)COCCN(C(=O)c2ccon2)C1. The molecule has 2 aromatic rings. The highest BCUT2D eigenvalue weighted by Crippen LogP contribution is 2.20. The molecule has 1 amide bonds. The predicted octanol–water partition coefficient (Wildman–Crippen LogP) is 1.61. The van der Waals surface area contributed by atoms with Crippen molar-refractivity contribution in [2.75, 3.05) is 40.0 Å². The molecule has 1 saturated heterocycles. The Morgan fingerprint density at radius 3 is 2.88 bits per heavy atom. The molecule has 0 N–H and O–H groups in total. The Labute approximate surface area is 140 Å². The number of carbonyl (C=O) groups is 1. The second-order valence-corrected chi connectivity index (χ2v) is 5.65. The van der Waals surface area contributed by atoms with Gasteiger partial charge in [0, 0.05) is 19.7 Å². The molecule has 1 aliphatic rings. The molecule has 0 saturated carbocycles. The van der Waals surface area contributed by atoms with Crippen LogP contribution in [-0.4, -0.2) is 61.6 Å². The monoisotopic (exact) mass is 332 g/mol. The van der Waals surface area contributed by atoms with Gasteiger partial charge in [-0.2, -0.15) is 0 Å². The first-order valence-corrected chi connectivity index (χ1v) is 7.73. The fourth-order valence-electron chi connectivity index (χ4n) is 2.56. The third-order valence-electron chi connectivity index (χ3n) is 3.97. The van der Waals surface area contributed by atoms with Crippen molar-refractivity contribution in [3.63, 3.8) is 0 Å². The summed E-state index contributed by atoms with van der Waals surface area (Å²) >= 11 is 0. The number of rotatable bonds is 5. The van der Waals surface area contributed by atoms with Crippen LogP contribution in [0.5, 0.6) is 5.75 Å². The Hall–Kier alpha value is -2.38. The van der Waals surface area contributed by atoms with Gasteiger partial charge in [-0.3, -0.25) is 4.79 Å². The molecule has 0 bridgehead atoms. The summed E-state index contributed by atoms with van der Waals surface area (Å²) in [7, 11) is 1.60. The summed E-state index contributed by atoms with van der Waals surface area (Å²) in [5.41, 5.74) is -0.475. The normalized spacial score (nSPS) is 21.3. The Balaban J connectivity index is 1.72. The van der Waals surface area contributed by atoms with Crippen LogP contribution in [0.2, 0.25) is 0 Å². The number of carbonyl (C=O) groups excluding carboxylic acids is 1. The first kappa shape index (κ1) is 16.5. The molecule has 1 aliphatic heterocycles. The summed E-state index contributed by atoms with van der Waals surface area (Å²) in [4.78, 5) is 14.2. The van der Waals surface area contributed by atoms with Crippen LogP contribution in [0.25, 0.3) is 0 Å². The van der Waals surface area contributed by atoms with E-state index in [2.05, 4.69) is 5.16 Å². The van der Waals surface area contributed by atoms with Gasteiger partial charge in [0.15, 0.2) is 5.69 Å². The average Bonchev–Trinajstić information content (AvgIpc) is 3.08. The van der Waals surface area contributed by atoms with Crippen molar-refractivity contribution in [3.8, 4) is 5.75 Å². The van der Waals surface area contributed by atoms with Gasteiger partial charge in [0.05, 0.1) is 19.8 Å². The number of hydrogen-bond acceptors (Lipinski definition) is 6. The van der Waals surface area contributed by atoms with Gasteiger partial charge >= 0.3 is 0 Å². The van der Waals surface area contributed by atoms with Gasteiger partial charge in [-0.15, -0.1) is 0 Å². The van der Waals surface area contributed by atoms with E-state index in [4.69, 9.17) is 18.7 Å². The van der Waals surface area contributed by atoms with Crippen molar-refractivity contribution in [1.82, 2.24) is 10.1 Å². The highest BCUT2D eigenvalue weighted by molar-refractivity contribution is 5.92. The van der Waals surface area contributed by atoms with E-state index < -0.39 is 5.60 Å². The topological polar surface area (TPSA) is 74.0 Å². The molecule has 0 spiro atoms. The zero-order valence-corrected chi connectivity index (χ0v) is 13.5. The smallest absolute Gasteiger partial charge is 0.276 e. The van der Waals surface area contributed by atoms with Crippen LogP contribution >= 0.6 is 0 Å². The summed E-state index contributed by atoms with van der Waals surface area (Å²) < 4.78 is 21.9. The molecule has 1 fully saturated rings. The molecule has 0 radical (unpaired) electrons. The predicted molar refractivity (Wildman–Crippen MR) is 84.9 cm³/mol. The molecule has 7 nitrogen and oxygen atoms in total. The van der Waals surface area contributed by atoms with Crippen molar-refractivity contribution in [3.05, 3.63) is 48.4 Å². The summed E-state index contributed by atoms with van der Waals surface area (Å²) in [5.74, 6) is 0.530. The van der Waals surface area contributed by atoms with Crippen LogP contribution in [0.4, 0.5) is 0 Å². The minimum absolute atomic E-state index is 0.213. The second-order valence-electron chi connectivity index (χ2n) is 5.65. The summed E-state index contributed by atoms with van der Waals surface area (Å²) in [6.45, 7) is 1.86. The molecular formula is C17H20N2O5. The van der Waals surface area contributed by atoms with E-state index in [1.807, 2.05) is 30.3 Å². The number of para-hydroxylation sites is 1. The quantitative estimate of drug-likeness (QED) is 0.828. The standard InChI is InChI=1S/C17H20N2O5/c1-21-17(13-23-14-5-3-2-4-6-14)11-19(8-10-22-12-17)16(20)15-7-9-24-18-15/h2-7,9H,8,10-13H2,1H3/t17-/m0/s1. The number of aromatic nitrogens is 1. The third kappa shape index (κ3) is 3.74. The molecule has 0 aliphatic carbocycles. The van der Waals surface area contributed by atoms with E-state index in [0.717, 1.165) is 5.75 Å². The van der Waals surface area contributed by atoms with Gasteiger partial charge in [-0.05, 0) is 12.1 Å². The van der Waals surface area contributed by atoms with Crippen LogP contribution in [0.15, 0.2) is 47.2 Å². The maximum atomic E-state index is 12.5. The minimum atomic E-state index is -0.744. The van der Waals surface area contributed by atoms with Crippen LogP contribution in [-0.2, 0) is 9.47 Å². The minimum Gasteiger partial charge on any atom is -0.490 e. The molecule has 2 heterocycles. The lowest BCUT2D eigenvalue weighted by Gasteiger charge is -2.33. The van der Waals surface area contributed by atoms with Crippen LogP contribution < -0.4 is 4.74 Å². The number of amides is 1. The Bertz CT molecular complexity index is 646. The molecule has 7 heteroatoms. The first-order valence-electron chi connectivity index (χ1n) is 7.73. The van der Waals surface area contributed by atoms with Gasteiger partial charge < -0.3 is 23.6 Å². The molecular weight excluding hydrogens is 312 g/mol. The largest absolute Gasteiger partial charge is 0.490 e. The first-order chi connectivity index (χ1) is 11.7. The van der Waals surface area contributed by atoms with Crippen molar-refractivity contribution in [2.24, 2.45) is 0 Å². The third-order valence-corrected chi connectivity index (χ3v) is 3.97. The lowest BCUT2D eigenvalue weighted by molar-refractivity contribution is -0.0899. The Kier molecular flexibility index (Phi) is 5.12. The van der Waals surface area contributed by atoms with E-state index in [1.54, 1.807) is 18.1 Å². The Morgan fingerprint density at radius 2 is 2.17 bits per heavy atom. The van der Waals surface area contributed by atoms with Crippen molar-refractivity contribution in [1.29, 1.82) is 0 Å². The molecule has 1 aromatic carbocycles. The fraction of sp³-hybridized carbons (Fsp3) is 0.412. The molecule has 1 atom stereocenters. The van der Waals surface area contributed by atoms with Gasteiger partial charge in [0.1, 0.15) is 24.2 Å². The maximum absolute atomic E-state index is 12.5. The highest BCUT2D eigenvalue weighted by Gasteiger charge is 2.38. The Morgan fingerprint density at radius 1 is 1.33 bits per heavy atom. The zero-order chi connectivity index (χ0) is 16.8. The van der Waals surface area contributed by atoms with E-state index in [0.29, 0.717) is 26.3 Å². The van der Waals surface area contributed by atoms with Crippen molar-refractivity contribution >= 4 is 5.91 Å².